The third-order valence-corrected chi connectivity index (χ3v) is 4.78. The van der Waals surface area contributed by atoms with Gasteiger partial charge in [-0.1, -0.05) is 18.2 Å². The van der Waals surface area contributed by atoms with Gasteiger partial charge in [0.25, 0.3) is 5.91 Å². The van der Waals surface area contributed by atoms with E-state index in [0.29, 0.717) is 38.6 Å². The minimum Gasteiger partial charge on any atom is -1.00 e. The van der Waals surface area contributed by atoms with Gasteiger partial charge in [-0.25, -0.2) is 4.63 Å². The first-order valence-corrected chi connectivity index (χ1v) is 10.0. The van der Waals surface area contributed by atoms with Gasteiger partial charge in [-0.3, -0.25) is 4.79 Å². The number of anilines is 1. The van der Waals surface area contributed by atoms with Crippen molar-refractivity contribution in [1.82, 2.24) is 20.9 Å². The van der Waals surface area contributed by atoms with Crippen LogP contribution in [0.15, 0.2) is 40.3 Å². The second kappa shape index (κ2) is 12.0. The van der Waals surface area contributed by atoms with Crippen molar-refractivity contribution >= 4 is 23.1 Å². The van der Waals surface area contributed by atoms with Crippen LogP contribution in [0.3, 0.4) is 0 Å². The van der Waals surface area contributed by atoms with Crippen LogP contribution in [0.1, 0.15) is 27.9 Å². The molecule has 0 spiro atoms. The molecule has 3 aromatic rings. The molecular formula is C19H23ClN5O4S-. The normalized spacial score (nSPS) is 10.3. The van der Waals surface area contributed by atoms with Gasteiger partial charge in [0, 0.05) is 30.1 Å². The van der Waals surface area contributed by atoms with Gasteiger partial charge in [-0.2, -0.15) is 0 Å². The zero-order valence-electron chi connectivity index (χ0n) is 16.4. The van der Waals surface area contributed by atoms with Crippen LogP contribution in [0.2, 0.25) is 0 Å². The standard InChI is InChI=1S/C19H23N5O4S.ClH/c1-2-26-15-7-3-5-13(17(15)27-12-14-6-4-10-29-14)11-21-8-9-22-19(25)16-18(20)24-28-23-16;/h3-7,10,21H,2,8-9,11-12H2,1H3,(H2,20,24)(H,22,25);1H/p-1. The number of carbonyl (C=O) groups excluding carboxylic acids is 1. The SMILES string of the molecule is CCOc1cccc(CNCCNC(=O)c2nonc2N)c1OCc1cccs1.[Cl-]. The number of amides is 1. The summed E-state index contributed by atoms with van der Waals surface area (Å²) in [5.41, 5.74) is 6.46. The van der Waals surface area contributed by atoms with Gasteiger partial charge in [0.05, 0.1) is 6.61 Å². The highest BCUT2D eigenvalue weighted by molar-refractivity contribution is 7.09. The summed E-state index contributed by atoms with van der Waals surface area (Å²) >= 11 is 1.65. The molecule has 162 valence electrons. The third-order valence-electron chi connectivity index (χ3n) is 3.93. The lowest BCUT2D eigenvalue weighted by Crippen LogP contribution is -3.00. The summed E-state index contributed by atoms with van der Waals surface area (Å²) in [5, 5.41) is 14.9. The van der Waals surface area contributed by atoms with Crippen LogP contribution in [0.25, 0.3) is 0 Å². The number of ether oxygens (including phenoxy) is 2. The maximum atomic E-state index is 11.9. The van der Waals surface area contributed by atoms with Gasteiger partial charge in [-0.05, 0) is 34.7 Å². The number of benzene rings is 1. The van der Waals surface area contributed by atoms with Crippen molar-refractivity contribution in [2.45, 2.75) is 20.1 Å². The maximum Gasteiger partial charge on any atom is 0.277 e. The van der Waals surface area contributed by atoms with Gasteiger partial charge >= 0.3 is 0 Å². The van der Waals surface area contributed by atoms with E-state index in [4.69, 9.17) is 15.2 Å². The lowest BCUT2D eigenvalue weighted by Gasteiger charge is -2.16. The van der Waals surface area contributed by atoms with Gasteiger partial charge in [0.15, 0.2) is 11.5 Å². The first kappa shape index (κ1) is 23.5. The van der Waals surface area contributed by atoms with E-state index in [9.17, 15) is 4.79 Å². The quantitative estimate of drug-likeness (QED) is 0.323. The summed E-state index contributed by atoms with van der Waals surface area (Å²) in [6, 6.07) is 9.85. The van der Waals surface area contributed by atoms with Crippen LogP contribution in [-0.2, 0) is 13.2 Å². The van der Waals surface area contributed by atoms with Crippen molar-refractivity contribution < 1.29 is 31.3 Å². The maximum absolute atomic E-state index is 11.9. The number of nitrogens with one attached hydrogen (secondary N) is 2. The molecule has 0 radical (unpaired) electrons. The second-order valence-electron chi connectivity index (χ2n) is 5.98. The van der Waals surface area contributed by atoms with Crippen molar-refractivity contribution in [3.8, 4) is 11.5 Å². The minimum atomic E-state index is -0.427. The number of nitrogens with two attached hydrogens (primary N) is 1. The molecule has 2 heterocycles. The molecule has 4 N–H and O–H groups in total. The zero-order chi connectivity index (χ0) is 20.5. The van der Waals surface area contributed by atoms with Crippen molar-refractivity contribution in [1.29, 1.82) is 0 Å². The molecule has 0 saturated heterocycles. The molecule has 0 saturated carbocycles. The van der Waals surface area contributed by atoms with Crippen molar-refractivity contribution in [3.05, 3.63) is 51.8 Å². The molecule has 9 nitrogen and oxygen atoms in total. The fraction of sp³-hybridized carbons (Fsp3) is 0.316. The number of nitrogen functional groups attached to an aromatic ring is 1. The number of para-hydroxylation sites is 1. The molecular weight excluding hydrogens is 430 g/mol. The fourth-order valence-electron chi connectivity index (χ4n) is 2.60. The number of nitrogens with zero attached hydrogens (tertiary/aromatic N) is 2. The molecule has 11 heteroatoms. The zero-order valence-corrected chi connectivity index (χ0v) is 18.0. The molecule has 0 aliphatic rings. The highest BCUT2D eigenvalue weighted by atomic mass is 35.5. The van der Waals surface area contributed by atoms with Gasteiger partial charge in [0.2, 0.25) is 11.5 Å². The molecule has 2 aromatic heterocycles. The summed E-state index contributed by atoms with van der Waals surface area (Å²) in [6.07, 6.45) is 0. The molecule has 0 aliphatic carbocycles. The Morgan fingerprint density at radius 2 is 2.07 bits per heavy atom. The lowest BCUT2D eigenvalue weighted by molar-refractivity contribution is -0.0000155. The van der Waals surface area contributed by atoms with Crippen LogP contribution in [0, 0.1) is 0 Å². The Hall–Kier alpha value is -2.82. The molecule has 0 aliphatic heterocycles. The topological polar surface area (TPSA) is 125 Å². The number of hydrogen-bond acceptors (Lipinski definition) is 9. The first-order valence-electron chi connectivity index (χ1n) is 9.15. The number of rotatable bonds is 11. The first-order chi connectivity index (χ1) is 14.2. The number of carbonyl (C=O) groups is 1. The second-order valence-corrected chi connectivity index (χ2v) is 7.01. The van der Waals surface area contributed by atoms with Gasteiger partial charge in [-0.15, -0.1) is 11.3 Å². The van der Waals surface area contributed by atoms with Crippen molar-refractivity contribution in [2.75, 3.05) is 25.4 Å². The Labute approximate surface area is 184 Å². The molecule has 1 aromatic carbocycles. The summed E-state index contributed by atoms with van der Waals surface area (Å²) < 4.78 is 16.2. The van der Waals surface area contributed by atoms with E-state index in [1.54, 1.807) is 11.3 Å². The molecule has 0 fully saturated rings. The Balaban J connectivity index is 0.00000320. The largest absolute Gasteiger partial charge is 1.00 e. The lowest BCUT2D eigenvalue weighted by atomic mass is 10.2. The van der Waals surface area contributed by atoms with E-state index < -0.39 is 5.91 Å². The molecule has 30 heavy (non-hydrogen) atoms. The number of thiophene rings is 1. The van der Waals surface area contributed by atoms with Gasteiger partial charge in [0.1, 0.15) is 6.61 Å². The Morgan fingerprint density at radius 1 is 1.20 bits per heavy atom. The van der Waals surface area contributed by atoms with E-state index in [1.165, 1.54) is 0 Å². The van der Waals surface area contributed by atoms with Crippen LogP contribution < -0.4 is 38.2 Å². The monoisotopic (exact) mass is 452 g/mol. The molecule has 1 amide bonds. The number of hydrogen-bond donors (Lipinski definition) is 3. The Bertz CT molecular complexity index is 920. The minimum absolute atomic E-state index is 0. The Kier molecular flexibility index (Phi) is 9.39. The smallest absolute Gasteiger partial charge is 0.277 e. The van der Waals surface area contributed by atoms with Crippen molar-refractivity contribution in [3.63, 3.8) is 0 Å². The summed E-state index contributed by atoms with van der Waals surface area (Å²) in [4.78, 5) is 13.0. The summed E-state index contributed by atoms with van der Waals surface area (Å²) in [5.74, 6) is 0.978. The van der Waals surface area contributed by atoms with Crippen molar-refractivity contribution in [2.24, 2.45) is 0 Å². The number of halogens is 1. The van der Waals surface area contributed by atoms with Crippen LogP contribution in [0.4, 0.5) is 5.82 Å². The molecule has 0 bridgehead atoms. The molecule has 0 unspecified atom stereocenters. The highest BCUT2D eigenvalue weighted by Crippen LogP contribution is 2.32. The predicted octanol–water partition coefficient (Wildman–Crippen LogP) is -0.785. The van der Waals surface area contributed by atoms with E-state index in [0.717, 1.165) is 16.2 Å². The Morgan fingerprint density at radius 3 is 2.77 bits per heavy atom. The van der Waals surface area contributed by atoms with E-state index >= 15 is 0 Å². The highest BCUT2D eigenvalue weighted by Gasteiger charge is 2.15. The predicted molar refractivity (Wildman–Crippen MR) is 109 cm³/mol. The van der Waals surface area contributed by atoms with Crippen LogP contribution in [0.5, 0.6) is 11.5 Å². The third kappa shape index (κ3) is 6.34. The average Bonchev–Trinajstić information content (AvgIpc) is 3.39. The van der Waals surface area contributed by atoms with Crippen LogP contribution >= 0.6 is 11.3 Å². The summed E-state index contributed by atoms with van der Waals surface area (Å²) in [7, 11) is 0. The fourth-order valence-corrected chi connectivity index (χ4v) is 3.21. The van der Waals surface area contributed by atoms with E-state index in [2.05, 4.69) is 25.6 Å². The van der Waals surface area contributed by atoms with E-state index in [1.807, 2.05) is 42.6 Å². The molecule has 3 rings (SSSR count). The molecule has 0 atom stereocenters. The average molecular weight is 453 g/mol. The van der Waals surface area contributed by atoms with E-state index in [-0.39, 0.29) is 23.9 Å². The summed E-state index contributed by atoms with van der Waals surface area (Å²) in [6.45, 7) is 4.47. The van der Waals surface area contributed by atoms with Gasteiger partial charge < -0.3 is 38.2 Å². The number of aromatic nitrogens is 2. The van der Waals surface area contributed by atoms with Crippen LogP contribution in [-0.4, -0.2) is 35.9 Å².